The second kappa shape index (κ2) is 5.49. The smallest absolute Gasteiger partial charge is 0.0476 e. The fourth-order valence-corrected chi connectivity index (χ4v) is 2.07. The van der Waals surface area contributed by atoms with Gasteiger partial charge >= 0.3 is 0 Å². The van der Waals surface area contributed by atoms with Gasteiger partial charge in [0.1, 0.15) is 0 Å². The van der Waals surface area contributed by atoms with Gasteiger partial charge in [-0.3, -0.25) is 0 Å². The van der Waals surface area contributed by atoms with E-state index in [0.717, 1.165) is 16.9 Å². The molecule has 0 aliphatic rings. The van der Waals surface area contributed by atoms with Gasteiger partial charge in [-0.05, 0) is 24.6 Å². The highest BCUT2D eigenvalue weighted by molar-refractivity contribution is 6.06. The van der Waals surface area contributed by atoms with Gasteiger partial charge in [-0.2, -0.15) is 0 Å². The lowest BCUT2D eigenvalue weighted by atomic mass is 9.85. The first-order chi connectivity index (χ1) is 9.39. The third-order valence-electron chi connectivity index (χ3n) is 3.36. The number of benzene rings is 2. The number of hydrogen-bond acceptors (Lipinski definition) is 2. The van der Waals surface area contributed by atoms with Crippen molar-refractivity contribution in [1.29, 1.82) is 5.41 Å². The Balaban J connectivity index is 2.39. The Kier molecular flexibility index (Phi) is 3.93. The van der Waals surface area contributed by atoms with Crippen molar-refractivity contribution in [2.75, 3.05) is 5.32 Å². The first-order valence-electron chi connectivity index (χ1n) is 6.90. The molecule has 2 heteroatoms. The summed E-state index contributed by atoms with van der Waals surface area (Å²) in [5.74, 6) is 0. The van der Waals surface area contributed by atoms with E-state index in [9.17, 15) is 0 Å². The van der Waals surface area contributed by atoms with Gasteiger partial charge in [-0.15, -0.1) is 0 Å². The quantitative estimate of drug-likeness (QED) is 0.740. The van der Waals surface area contributed by atoms with Crippen molar-refractivity contribution >= 4 is 17.1 Å². The maximum absolute atomic E-state index is 8.40. The van der Waals surface area contributed by atoms with Crippen LogP contribution in [0.2, 0.25) is 0 Å². The van der Waals surface area contributed by atoms with Crippen LogP contribution in [0.5, 0.6) is 0 Å². The zero-order chi connectivity index (χ0) is 14.8. The Morgan fingerprint density at radius 1 is 0.900 bits per heavy atom. The van der Waals surface area contributed by atoms with E-state index in [1.54, 1.807) is 0 Å². The van der Waals surface area contributed by atoms with Crippen LogP contribution in [-0.4, -0.2) is 5.71 Å². The molecule has 0 fully saturated rings. The normalized spacial score (nSPS) is 11.2. The van der Waals surface area contributed by atoms with Crippen molar-refractivity contribution in [3.8, 4) is 0 Å². The van der Waals surface area contributed by atoms with Crippen LogP contribution < -0.4 is 5.32 Å². The SMILES string of the molecule is Cc1ccccc1Nc1ccccc1C(=N)C(C)(C)C. The summed E-state index contributed by atoms with van der Waals surface area (Å²) in [5.41, 5.74) is 4.72. The molecule has 0 saturated heterocycles. The molecule has 2 aromatic rings. The third kappa shape index (κ3) is 3.08. The molecule has 0 saturated carbocycles. The molecule has 0 atom stereocenters. The molecule has 0 bridgehead atoms. The summed E-state index contributed by atoms with van der Waals surface area (Å²) in [5, 5.41) is 11.9. The summed E-state index contributed by atoms with van der Waals surface area (Å²) < 4.78 is 0. The molecule has 2 nitrogen and oxygen atoms in total. The lowest BCUT2D eigenvalue weighted by Gasteiger charge is -2.23. The minimum Gasteiger partial charge on any atom is -0.355 e. The number of rotatable bonds is 3. The Hall–Kier alpha value is -2.09. The van der Waals surface area contributed by atoms with Crippen molar-refractivity contribution < 1.29 is 0 Å². The number of hydrogen-bond donors (Lipinski definition) is 2. The van der Waals surface area contributed by atoms with Gasteiger partial charge in [-0.1, -0.05) is 57.2 Å². The number of nitrogens with one attached hydrogen (secondary N) is 2. The highest BCUT2D eigenvalue weighted by Crippen LogP contribution is 2.28. The van der Waals surface area contributed by atoms with E-state index in [0.29, 0.717) is 5.71 Å². The highest BCUT2D eigenvalue weighted by atomic mass is 14.9. The van der Waals surface area contributed by atoms with E-state index in [-0.39, 0.29) is 5.41 Å². The molecule has 20 heavy (non-hydrogen) atoms. The van der Waals surface area contributed by atoms with Crippen molar-refractivity contribution in [2.45, 2.75) is 27.7 Å². The molecule has 2 rings (SSSR count). The van der Waals surface area contributed by atoms with Gasteiger partial charge in [0, 0.05) is 28.1 Å². The summed E-state index contributed by atoms with van der Waals surface area (Å²) in [6, 6.07) is 16.2. The maximum atomic E-state index is 8.40. The molecule has 0 aromatic heterocycles. The van der Waals surface area contributed by atoms with Crippen molar-refractivity contribution in [3.63, 3.8) is 0 Å². The second-order valence-electron chi connectivity index (χ2n) is 6.11. The minimum atomic E-state index is -0.163. The average Bonchev–Trinajstić information content (AvgIpc) is 2.40. The van der Waals surface area contributed by atoms with Crippen LogP contribution in [0.1, 0.15) is 31.9 Å². The number of aryl methyl sites for hydroxylation is 1. The molecule has 104 valence electrons. The molecule has 2 N–H and O–H groups in total. The Morgan fingerprint density at radius 3 is 2.05 bits per heavy atom. The molecule has 0 amide bonds. The molecular formula is C18H22N2. The summed E-state index contributed by atoms with van der Waals surface area (Å²) in [7, 11) is 0. The lowest BCUT2D eigenvalue weighted by molar-refractivity contribution is 0.589. The van der Waals surface area contributed by atoms with Gasteiger partial charge in [-0.25, -0.2) is 0 Å². The van der Waals surface area contributed by atoms with Crippen molar-refractivity contribution in [3.05, 3.63) is 59.7 Å². The van der Waals surface area contributed by atoms with Crippen LogP contribution in [0, 0.1) is 17.7 Å². The Morgan fingerprint density at radius 2 is 1.45 bits per heavy atom. The van der Waals surface area contributed by atoms with Crippen LogP contribution in [-0.2, 0) is 0 Å². The molecule has 0 unspecified atom stereocenters. The van der Waals surface area contributed by atoms with E-state index in [2.05, 4.69) is 45.1 Å². The molecule has 0 heterocycles. The molecule has 2 aromatic carbocycles. The molecule has 0 aliphatic carbocycles. The predicted molar refractivity (Wildman–Crippen MR) is 87.2 cm³/mol. The van der Waals surface area contributed by atoms with Gasteiger partial charge in [0.05, 0.1) is 0 Å². The lowest BCUT2D eigenvalue weighted by Crippen LogP contribution is -2.21. The van der Waals surface area contributed by atoms with Crippen molar-refractivity contribution in [2.24, 2.45) is 5.41 Å². The molecule has 0 radical (unpaired) electrons. The molecular weight excluding hydrogens is 244 g/mol. The average molecular weight is 266 g/mol. The van der Waals surface area contributed by atoms with E-state index in [1.807, 2.05) is 36.4 Å². The fraction of sp³-hybridized carbons (Fsp3) is 0.278. The zero-order valence-corrected chi connectivity index (χ0v) is 12.6. The standard InChI is InChI=1S/C18H22N2/c1-13-9-5-7-11-15(13)20-16-12-8-6-10-14(16)17(19)18(2,3)4/h5-12,19-20H,1-4H3. The van der Waals surface area contributed by atoms with Gasteiger partial charge in [0.15, 0.2) is 0 Å². The second-order valence-corrected chi connectivity index (χ2v) is 6.11. The van der Waals surface area contributed by atoms with Gasteiger partial charge in [0.25, 0.3) is 0 Å². The minimum absolute atomic E-state index is 0.163. The zero-order valence-electron chi connectivity index (χ0n) is 12.6. The van der Waals surface area contributed by atoms with Crippen LogP contribution in [0.25, 0.3) is 0 Å². The van der Waals surface area contributed by atoms with Crippen LogP contribution in [0.4, 0.5) is 11.4 Å². The Labute approximate surface area is 121 Å². The van der Waals surface area contributed by atoms with Crippen LogP contribution in [0.3, 0.4) is 0 Å². The molecule has 0 spiro atoms. The van der Waals surface area contributed by atoms with Crippen molar-refractivity contribution in [1.82, 2.24) is 0 Å². The van der Waals surface area contributed by atoms with Crippen LogP contribution in [0.15, 0.2) is 48.5 Å². The first kappa shape index (κ1) is 14.3. The van der Waals surface area contributed by atoms with Gasteiger partial charge in [0.2, 0.25) is 0 Å². The van der Waals surface area contributed by atoms with E-state index in [4.69, 9.17) is 5.41 Å². The van der Waals surface area contributed by atoms with E-state index in [1.165, 1.54) is 5.56 Å². The summed E-state index contributed by atoms with van der Waals surface area (Å²) >= 11 is 0. The van der Waals surface area contributed by atoms with Crippen LogP contribution >= 0.6 is 0 Å². The molecule has 0 aliphatic heterocycles. The Bertz CT molecular complexity index is 621. The summed E-state index contributed by atoms with van der Waals surface area (Å²) in [6.45, 7) is 8.29. The monoisotopic (exact) mass is 266 g/mol. The number of anilines is 2. The predicted octanol–water partition coefficient (Wildman–Crippen LogP) is 5.15. The van der Waals surface area contributed by atoms with Gasteiger partial charge < -0.3 is 10.7 Å². The third-order valence-corrected chi connectivity index (χ3v) is 3.36. The fourth-order valence-electron chi connectivity index (χ4n) is 2.07. The van der Waals surface area contributed by atoms with E-state index < -0.39 is 0 Å². The summed E-state index contributed by atoms with van der Waals surface area (Å²) in [4.78, 5) is 0. The number of para-hydroxylation sites is 2. The maximum Gasteiger partial charge on any atom is 0.0476 e. The summed E-state index contributed by atoms with van der Waals surface area (Å²) in [6.07, 6.45) is 0. The highest BCUT2D eigenvalue weighted by Gasteiger charge is 2.21. The van der Waals surface area contributed by atoms with E-state index >= 15 is 0 Å². The topological polar surface area (TPSA) is 35.9 Å². The largest absolute Gasteiger partial charge is 0.355 e. The first-order valence-corrected chi connectivity index (χ1v) is 6.90.